The summed E-state index contributed by atoms with van der Waals surface area (Å²) < 4.78 is 0. The lowest BCUT2D eigenvalue weighted by molar-refractivity contribution is -0.145. The van der Waals surface area contributed by atoms with Crippen LogP contribution in [0.5, 0.6) is 0 Å². The average molecular weight is 225 g/mol. The molecule has 0 radical (unpaired) electrons. The van der Waals surface area contributed by atoms with Gasteiger partial charge >= 0.3 is 0 Å². The van der Waals surface area contributed by atoms with E-state index >= 15 is 0 Å². The second kappa shape index (κ2) is 4.17. The van der Waals surface area contributed by atoms with Gasteiger partial charge in [0.2, 0.25) is 11.8 Å². The molecule has 1 spiro atoms. The van der Waals surface area contributed by atoms with Crippen LogP contribution >= 0.6 is 0 Å². The fraction of sp³-hybridized carbons (Fsp3) is 0.833. The van der Waals surface area contributed by atoms with Gasteiger partial charge in [-0.2, -0.15) is 0 Å². The minimum absolute atomic E-state index is 0.0428. The molecule has 0 aromatic carbocycles. The van der Waals surface area contributed by atoms with Crippen molar-refractivity contribution < 1.29 is 14.7 Å². The average Bonchev–Trinajstić information content (AvgIpc) is 2.51. The highest BCUT2D eigenvalue weighted by molar-refractivity contribution is 6.06. The number of aliphatic hydroxyl groups is 1. The van der Waals surface area contributed by atoms with Crippen molar-refractivity contribution in [2.75, 3.05) is 6.61 Å². The molecule has 1 heterocycles. The molecule has 1 aliphatic heterocycles. The fourth-order valence-corrected chi connectivity index (χ4v) is 2.97. The maximum atomic E-state index is 12.3. The molecule has 2 rings (SSSR count). The third-order valence-electron chi connectivity index (χ3n) is 3.95. The lowest BCUT2D eigenvalue weighted by Gasteiger charge is -2.31. The summed E-state index contributed by atoms with van der Waals surface area (Å²) >= 11 is 0. The molecule has 1 N–H and O–H groups in total. The quantitative estimate of drug-likeness (QED) is 0.715. The van der Waals surface area contributed by atoms with Gasteiger partial charge in [0.15, 0.2) is 0 Å². The summed E-state index contributed by atoms with van der Waals surface area (Å²) in [6, 6.07) is -0.374. The summed E-state index contributed by atoms with van der Waals surface area (Å²) in [6.45, 7) is 1.57. The smallest absolute Gasteiger partial charge is 0.236 e. The zero-order valence-corrected chi connectivity index (χ0v) is 9.74. The molecule has 4 heteroatoms. The number of aliphatic hydroxyl groups excluding tert-OH is 1. The SMILES string of the molecule is CC(CO)N1C(=O)CC2(CCCCC2)C1=O. The summed E-state index contributed by atoms with van der Waals surface area (Å²) in [5.74, 6) is -0.146. The number of carbonyl (C=O) groups is 2. The van der Waals surface area contributed by atoms with Crippen molar-refractivity contribution in [1.82, 2.24) is 4.90 Å². The predicted molar refractivity (Wildman–Crippen MR) is 58.5 cm³/mol. The van der Waals surface area contributed by atoms with Crippen molar-refractivity contribution in [3.05, 3.63) is 0 Å². The number of hydrogen-bond donors (Lipinski definition) is 1. The third-order valence-corrected chi connectivity index (χ3v) is 3.95. The Labute approximate surface area is 95.6 Å². The maximum absolute atomic E-state index is 12.3. The third kappa shape index (κ3) is 1.65. The molecule has 1 atom stereocenters. The molecule has 1 saturated heterocycles. The number of hydrogen-bond acceptors (Lipinski definition) is 3. The Morgan fingerprint density at radius 2 is 1.94 bits per heavy atom. The Hall–Kier alpha value is -0.900. The Bertz CT molecular complexity index is 307. The predicted octanol–water partition coefficient (Wildman–Crippen LogP) is 1.08. The van der Waals surface area contributed by atoms with E-state index in [1.165, 1.54) is 11.3 Å². The number of likely N-dealkylation sites (tertiary alicyclic amines) is 1. The monoisotopic (exact) mass is 225 g/mol. The number of rotatable bonds is 2. The molecule has 2 aliphatic rings. The number of imide groups is 1. The Morgan fingerprint density at radius 1 is 1.31 bits per heavy atom. The number of nitrogens with zero attached hydrogens (tertiary/aromatic N) is 1. The Balaban J connectivity index is 2.20. The van der Waals surface area contributed by atoms with Gasteiger partial charge in [0.1, 0.15) is 0 Å². The molecular formula is C12H19NO3. The highest BCUT2D eigenvalue weighted by Crippen LogP contribution is 2.45. The molecule has 0 aromatic heterocycles. The first-order valence-corrected chi connectivity index (χ1v) is 6.08. The van der Waals surface area contributed by atoms with E-state index in [1.54, 1.807) is 6.92 Å². The normalized spacial score (nSPS) is 26.5. The van der Waals surface area contributed by atoms with Crippen LogP contribution in [0.2, 0.25) is 0 Å². The van der Waals surface area contributed by atoms with Crippen LogP contribution in [-0.2, 0) is 9.59 Å². The van der Waals surface area contributed by atoms with Crippen LogP contribution in [0, 0.1) is 5.41 Å². The summed E-state index contributed by atoms with van der Waals surface area (Å²) in [5, 5.41) is 9.07. The highest BCUT2D eigenvalue weighted by Gasteiger charge is 2.52. The lowest BCUT2D eigenvalue weighted by Crippen LogP contribution is -2.43. The van der Waals surface area contributed by atoms with E-state index < -0.39 is 5.41 Å². The lowest BCUT2D eigenvalue weighted by atomic mass is 9.73. The van der Waals surface area contributed by atoms with Crippen molar-refractivity contribution in [1.29, 1.82) is 0 Å². The van der Waals surface area contributed by atoms with E-state index in [1.807, 2.05) is 0 Å². The maximum Gasteiger partial charge on any atom is 0.236 e. The van der Waals surface area contributed by atoms with Crippen LogP contribution in [0.1, 0.15) is 45.4 Å². The Kier molecular flexibility index (Phi) is 3.02. The van der Waals surface area contributed by atoms with Crippen molar-refractivity contribution >= 4 is 11.8 Å². The van der Waals surface area contributed by atoms with E-state index in [2.05, 4.69) is 0 Å². The Morgan fingerprint density at radius 3 is 2.50 bits per heavy atom. The second-order valence-electron chi connectivity index (χ2n) is 5.12. The standard InChI is InChI=1S/C12H19NO3/c1-9(8-14)13-10(15)7-12(11(13)16)5-3-2-4-6-12/h9,14H,2-8H2,1H3. The van der Waals surface area contributed by atoms with Gasteiger partial charge in [-0.25, -0.2) is 0 Å². The van der Waals surface area contributed by atoms with E-state index in [0.717, 1.165) is 25.7 Å². The zero-order chi connectivity index (χ0) is 11.8. The number of amides is 2. The second-order valence-corrected chi connectivity index (χ2v) is 5.12. The van der Waals surface area contributed by atoms with Gasteiger partial charge in [0.25, 0.3) is 0 Å². The molecule has 2 amide bonds. The molecule has 16 heavy (non-hydrogen) atoms. The topological polar surface area (TPSA) is 57.6 Å². The summed E-state index contributed by atoms with van der Waals surface area (Å²) in [4.78, 5) is 25.4. The van der Waals surface area contributed by atoms with Crippen molar-refractivity contribution in [2.24, 2.45) is 5.41 Å². The van der Waals surface area contributed by atoms with E-state index in [-0.39, 0.29) is 24.5 Å². The van der Waals surface area contributed by atoms with Crippen LogP contribution in [-0.4, -0.2) is 34.5 Å². The van der Waals surface area contributed by atoms with Gasteiger partial charge in [0.05, 0.1) is 18.1 Å². The minimum Gasteiger partial charge on any atom is -0.394 e. The van der Waals surface area contributed by atoms with Gasteiger partial charge in [-0.05, 0) is 19.8 Å². The number of carbonyl (C=O) groups excluding carboxylic acids is 2. The molecule has 1 unspecified atom stereocenters. The van der Waals surface area contributed by atoms with Crippen molar-refractivity contribution in [2.45, 2.75) is 51.5 Å². The minimum atomic E-state index is -0.418. The van der Waals surface area contributed by atoms with Crippen LogP contribution in [0.15, 0.2) is 0 Å². The van der Waals surface area contributed by atoms with E-state index in [0.29, 0.717) is 6.42 Å². The van der Waals surface area contributed by atoms with Crippen LogP contribution < -0.4 is 0 Å². The molecule has 4 nitrogen and oxygen atoms in total. The van der Waals surface area contributed by atoms with Gasteiger partial charge in [-0.3, -0.25) is 14.5 Å². The van der Waals surface area contributed by atoms with Crippen molar-refractivity contribution in [3.8, 4) is 0 Å². The van der Waals surface area contributed by atoms with E-state index in [4.69, 9.17) is 5.11 Å². The fourth-order valence-electron chi connectivity index (χ4n) is 2.97. The summed E-state index contributed by atoms with van der Waals surface area (Å²) in [6.07, 6.45) is 5.29. The first kappa shape index (κ1) is 11.6. The zero-order valence-electron chi connectivity index (χ0n) is 9.74. The molecule has 1 aliphatic carbocycles. The summed E-state index contributed by atoms with van der Waals surface area (Å²) in [5.41, 5.74) is -0.418. The molecule has 0 aromatic rings. The van der Waals surface area contributed by atoms with Gasteiger partial charge < -0.3 is 5.11 Å². The van der Waals surface area contributed by atoms with Crippen LogP contribution in [0.4, 0.5) is 0 Å². The molecule has 90 valence electrons. The van der Waals surface area contributed by atoms with Crippen LogP contribution in [0.25, 0.3) is 0 Å². The van der Waals surface area contributed by atoms with Gasteiger partial charge in [0, 0.05) is 6.42 Å². The van der Waals surface area contributed by atoms with Crippen molar-refractivity contribution in [3.63, 3.8) is 0 Å². The first-order chi connectivity index (χ1) is 7.60. The molecule has 1 saturated carbocycles. The molecule has 0 bridgehead atoms. The highest BCUT2D eigenvalue weighted by atomic mass is 16.3. The largest absolute Gasteiger partial charge is 0.394 e. The molecular weight excluding hydrogens is 206 g/mol. The van der Waals surface area contributed by atoms with Gasteiger partial charge in [-0.15, -0.1) is 0 Å². The van der Waals surface area contributed by atoms with E-state index in [9.17, 15) is 9.59 Å². The van der Waals surface area contributed by atoms with Gasteiger partial charge in [-0.1, -0.05) is 19.3 Å². The molecule has 2 fully saturated rings. The summed E-state index contributed by atoms with van der Waals surface area (Å²) in [7, 11) is 0. The van der Waals surface area contributed by atoms with Crippen LogP contribution in [0.3, 0.4) is 0 Å². The first-order valence-electron chi connectivity index (χ1n) is 6.08.